The van der Waals surface area contributed by atoms with Gasteiger partial charge < -0.3 is 5.73 Å². The second kappa shape index (κ2) is 6.61. The summed E-state index contributed by atoms with van der Waals surface area (Å²) in [5.74, 6) is -0.0650. The minimum atomic E-state index is -0.514. The molecule has 5 heteroatoms. The van der Waals surface area contributed by atoms with Gasteiger partial charge in [0.05, 0.1) is 4.92 Å². The Morgan fingerprint density at radius 2 is 2.10 bits per heavy atom. The molecule has 0 spiro atoms. The summed E-state index contributed by atoms with van der Waals surface area (Å²) in [7, 11) is 0. The van der Waals surface area contributed by atoms with E-state index < -0.39 is 10.7 Å². The number of rotatable bonds is 4. The number of hydrogen-bond acceptors (Lipinski definition) is 3. The zero-order valence-electron chi connectivity index (χ0n) is 11.3. The van der Waals surface area contributed by atoms with Crippen LogP contribution in [0.5, 0.6) is 0 Å². The smallest absolute Gasteiger partial charge is 0.270 e. The number of hydrogen-bond donors (Lipinski definition) is 1. The minimum absolute atomic E-state index is 0.0994. The molecule has 20 heavy (non-hydrogen) atoms. The standard InChI is InChI=1S/C15H19FN2O2/c16-15-7-6-14(18(19)20)9-12(15)8-13(10-17)11-4-2-1-3-5-11/h6-9,11H,1-5,10,17H2/b13-8-. The van der Waals surface area contributed by atoms with Crippen LogP contribution in [-0.4, -0.2) is 11.5 Å². The Morgan fingerprint density at radius 3 is 2.70 bits per heavy atom. The largest absolute Gasteiger partial charge is 0.327 e. The fourth-order valence-electron chi connectivity index (χ4n) is 2.77. The molecule has 1 aliphatic carbocycles. The average Bonchev–Trinajstić information content (AvgIpc) is 2.47. The van der Waals surface area contributed by atoms with E-state index in [1.165, 1.54) is 31.4 Å². The Hall–Kier alpha value is -1.75. The first-order valence-electron chi connectivity index (χ1n) is 6.96. The van der Waals surface area contributed by atoms with Crippen LogP contribution in [0.15, 0.2) is 23.8 Å². The van der Waals surface area contributed by atoms with Crippen molar-refractivity contribution in [3.63, 3.8) is 0 Å². The molecule has 0 radical (unpaired) electrons. The number of nitro groups is 1. The monoisotopic (exact) mass is 278 g/mol. The first kappa shape index (κ1) is 14.7. The van der Waals surface area contributed by atoms with E-state index in [4.69, 9.17) is 5.73 Å². The van der Waals surface area contributed by atoms with Crippen molar-refractivity contribution in [2.75, 3.05) is 6.54 Å². The topological polar surface area (TPSA) is 69.2 Å². The van der Waals surface area contributed by atoms with Crippen molar-refractivity contribution in [1.82, 2.24) is 0 Å². The van der Waals surface area contributed by atoms with Gasteiger partial charge in [0.25, 0.3) is 5.69 Å². The summed E-state index contributed by atoms with van der Waals surface area (Å²) in [6.07, 6.45) is 7.40. The highest BCUT2D eigenvalue weighted by Crippen LogP contribution is 2.31. The van der Waals surface area contributed by atoms with Crippen LogP contribution in [0.25, 0.3) is 6.08 Å². The van der Waals surface area contributed by atoms with Crippen molar-refractivity contribution in [2.45, 2.75) is 32.1 Å². The lowest BCUT2D eigenvalue weighted by atomic mass is 9.83. The molecule has 0 bridgehead atoms. The zero-order chi connectivity index (χ0) is 14.5. The maximum absolute atomic E-state index is 13.8. The van der Waals surface area contributed by atoms with E-state index in [9.17, 15) is 14.5 Å². The Bertz CT molecular complexity index is 523. The van der Waals surface area contributed by atoms with Gasteiger partial charge in [0.1, 0.15) is 5.82 Å². The molecule has 0 heterocycles. The van der Waals surface area contributed by atoms with Gasteiger partial charge >= 0.3 is 0 Å². The number of nitrogens with zero attached hydrogens (tertiary/aromatic N) is 1. The SMILES string of the molecule is NC/C(=C/c1cc([N+](=O)[O-])ccc1F)C1CCCCC1. The number of halogens is 1. The van der Waals surface area contributed by atoms with Gasteiger partial charge in [-0.3, -0.25) is 10.1 Å². The van der Waals surface area contributed by atoms with Crippen LogP contribution in [0.1, 0.15) is 37.7 Å². The Labute approximate surface area is 117 Å². The third kappa shape index (κ3) is 3.42. The van der Waals surface area contributed by atoms with E-state index in [1.807, 2.05) is 0 Å². The molecule has 4 nitrogen and oxygen atoms in total. The predicted molar refractivity (Wildman–Crippen MR) is 76.7 cm³/mol. The minimum Gasteiger partial charge on any atom is -0.327 e. The third-order valence-corrected chi connectivity index (χ3v) is 3.90. The molecule has 0 atom stereocenters. The molecule has 2 rings (SSSR count). The van der Waals surface area contributed by atoms with E-state index in [0.717, 1.165) is 24.5 Å². The molecule has 1 fully saturated rings. The summed E-state index contributed by atoms with van der Waals surface area (Å²) in [6.45, 7) is 0.368. The summed E-state index contributed by atoms with van der Waals surface area (Å²) in [4.78, 5) is 10.2. The van der Waals surface area contributed by atoms with Crippen LogP contribution in [0, 0.1) is 21.8 Å². The molecular formula is C15H19FN2O2. The van der Waals surface area contributed by atoms with Gasteiger partial charge in [-0.05, 0) is 24.8 Å². The quantitative estimate of drug-likeness (QED) is 0.675. The molecule has 1 aliphatic rings. The molecule has 1 aromatic carbocycles. The van der Waals surface area contributed by atoms with Crippen molar-refractivity contribution < 1.29 is 9.31 Å². The molecule has 2 N–H and O–H groups in total. The van der Waals surface area contributed by atoms with E-state index in [1.54, 1.807) is 6.08 Å². The molecule has 0 saturated heterocycles. The summed E-state index contributed by atoms with van der Waals surface area (Å²) in [5.41, 5.74) is 6.92. The van der Waals surface area contributed by atoms with Gasteiger partial charge in [-0.15, -0.1) is 0 Å². The first-order chi connectivity index (χ1) is 9.61. The van der Waals surface area contributed by atoms with Crippen molar-refractivity contribution in [3.8, 4) is 0 Å². The fraction of sp³-hybridized carbons (Fsp3) is 0.467. The predicted octanol–water partition coefficient (Wildman–Crippen LogP) is 3.66. The Morgan fingerprint density at radius 1 is 1.40 bits per heavy atom. The van der Waals surface area contributed by atoms with Gasteiger partial charge in [0.15, 0.2) is 0 Å². The zero-order valence-corrected chi connectivity index (χ0v) is 11.3. The molecule has 1 aromatic rings. The van der Waals surface area contributed by atoms with Gasteiger partial charge in [-0.2, -0.15) is 0 Å². The Balaban J connectivity index is 2.30. The number of nitrogens with two attached hydrogens (primary N) is 1. The molecule has 0 aromatic heterocycles. The molecular weight excluding hydrogens is 259 g/mol. The molecule has 108 valence electrons. The van der Waals surface area contributed by atoms with E-state index in [2.05, 4.69) is 0 Å². The van der Waals surface area contributed by atoms with Gasteiger partial charge in [-0.1, -0.05) is 30.9 Å². The van der Waals surface area contributed by atoms with E-state index >= 15 is 0 Å². The van der Waals surface area contributed by atoms with Crippen molar-refractivity contribution in [2.24, 2.45) is 11.7 Å². The van der Waals surface area contributed by atoms with Crippen molar-refractivity contribution in [3.05, 3.63) is 45.3 Å². The van der Waals surface area contributed by atoms with Crippen LogP contribution in [0.3, 0.4) is 0 Å². The normalized spacial score (nSPS) is 17.2. The highest BCUT2D eigenvalue weighted by molar-refractivity contribution is 5.57. The van der Waals surface area contributed by atoms with Gasteiger partial charge in [0.2, 0.25) is 0 Å². The summed E-state index contributed by atoms with van der Waals surface area (Å²) in [6, 6.07) is 3.59. The maximum atomic E-state index is 13.8. The lowest BCUT2D eigenvalue weighted by Gasteiger charge is -2.24. The number of nitro benzene ring substituents is 1. The lowest BCUT2D eigenvalue weighted by Crippen LogP contribution is -2.16. The molecule has 0 amide bonds. The van der Waals surface area contributed by atoms with Gasteiger partial charge in [-0.25, -0.2) is 4.39 Å². The summed E-state index contributed by atoms with van der Waals surface area (Å²) >= 11 is 0. The van der Waals surface area contributed by atoms with Crippen LogP contribution in [0.4, 0.5) is 10.1 Å². The van der Waals surface area contributed by atoms with E-state index in [-0.39, 0.29) is 11.3 Å². The second-order valence-corrected chi connectivity index (χ2v) is 5.22. The van der Waals surface area contributed by atoms with Gasteiger partial charge in [0, 0.05) is 24.2 Å². The van der Waals surface area contributed by atoms with Crippen molar-refractivity contribution >= 4 is 11.8 Å². The summed E-state index contributed by atoms with van der Waals surface area (Å²) < 4.78 is 13.8. The van der Waals surface area contributed by atoms with Crippen molar-refractivity contribution in [1.29, 1.82) is 0 Å². The number of non-ortho nitro benzene ring substituents is 1. The van der Waals surface area contributed by atoms with E-state index in [0.29, 0.717) is 12.5 Å². The maximum Gasteiger partial charge on any atom is 0.270 e. The molecule has 0 unspecified atom stereocenters. The highest BCUT2D eigenvalue weighted by atomic mass is 19.1. The molecule has 0 aliphatic heterocycles. The first-order valence-corrected chi connectivity index (χ1v) is 6.96. The van der Waals surface area contributed by atoms with Crippen LogP contribution >= 0.6 is 0 Å². The summed E-state index contributed by atoms with van der Waals surface area (Å²) in [5, 5.41) is 10.8. The lowest BCUT2D eigenvalue weighted by molar-refractivity contribution is -0.384. The molecule has 1 saturated carbocycles. The Kier molecular flexibility index (Phi) is 4.84. The number of benzene rings is 1. The van der Waals surface area contributed by atoms with Crippen LogP contribution in [0.2, 0.25) is 0 Å². The third-order valence-electron chi connectivity index (χ3n) is 3.90. The fourth-order valence-corrected chi connectivity index (χ4v) is 2.77. The highest BCUT2D eigenvalue weighted by Gasteiger charge is 2.18. The second-order valence-electron chi connectivity index (χ2n) is 5.22. The van der Waals surface area contributed by atoms with Crippen LogP contribution < -0.4 is 5.73 Å². The van der Waals surface area contributed by atoms with Crippen LogP contribution in [-0.2, 0) is 0 Å². The average molecular weight is 278 g/mol.